The number of nitrogens with one attached hydrogen (secondary N) is 2. The van der Waals surface area contributed by atoms with Crippen molar-refractivity contribution in [2.75, 3.05) is 31.0 Å². The van der Waals surface area contributed by atoms with E-state index >= 15 is 0 Å². The van der Waals surface area contributed by atoms with E-state index in [4.69, 9.17) is 16.3 Å². The predicted octanol–water partition coefficient (Wildman–Crippen LogP) is 5.29. The number of amides is 2. The van der Waals surface area contributed by atoms with Crippen molar-refractivity contribution >= 4 is 40.9 Å². The highest BCUT2D eigenvalue weighted by Gasteiger charge is 2.37. The first-order valence-corrected chi connectivity index (χ1v) is 15.6. The average Bonchev–Trinajstić information content (AvgIpc) is 2.95. The first-order chi connectivity index (χ1) is 20.3. The highest BCUT2D eigenvalue weighted by molar-refractivity contribution is 7.92. The Hall–Kier alpha value is -3.38. The van der Waals surface area contributed by atoms with Crippen LogP contribution in [0, 0.1) is 19.3 Å². The summed E-state index contributed by atoms with van der Waals surface area (Å²) < 4.78 is 21.5. The molecule has 0 spiro atoms. The normalized spacial score (nSPS) is 15.5. The maximum absolute atomic E-state index is 13.2. The standard InChI is InChI=1S/C31H38ClN5O5S/c1-20-8-6-9-21(2)26(20)24-17-25(32)35-28(34-24)36-43(41)23-11-7-10-22(16-23)27(39)33-18-31(19-38)12-14-37(15-13-31)29(40)42-30(3,4)5/h6-11,16-17,38H,12-15,18-19H2,1-5H3,(H,33,39)(H,34,35,36). The summed E-state index contributed by atoms with van der Waals surface area (Å²) in [6, 6.07) is 14.0. The Balaban J connectivity index is 1.39. The summed E-state index contributed by atoms with van der Waals surface area (Å²) in [7, 11) is 0. The van der Waals surface area contributed by atoms with Gasteiger partial charge in [-0.25, -0.2) is 9.78 Å². The zero-order valence-electron chi connectivity index (χ0n) is 25.1. The first kappa shape index (κ1) is 32.5. The number of aliphatic hydroxyl groups is 1. The maximum Gasteiger partial charge on any atom is 0.410 e. The lowest BCUT2D eigenvalue weighted by Crippen LogP contribution is -2.50. The summed E-state index contributed by atoms with van der Waals surface area (Å²) in [6.45, 7) is 10.3. The van der Waals surface area contributed by atoms with Gasteiger partial charge in [-0.05, 0) is 70.7 Å². The van der Waals surface area contributed by atoms with E-state index in [-0.39, 0.29) is 36.3 Å². The van der Waals surface area contributed by atoms with Crippen molar-refractivity contribution in [3.63, 3.8) is 0 Å². The summed E-state index contributed by atoms with van der Waals surface area (Å²) in [5.74, 6) is -0.265. The number of aryl methyl sites for hydroxylation is 2. The molecule has 3 aromatic rings. The second-order valence-electron chi connectivity index (χ2n) is 11.9. The van der Waals surface area contributed by atoms with Gasteiger partial charge in [0.25, 0.3) is 11.9 Å². The molecule has 1 unspecified atom stereocenters. The van der Waals surface area contributed by atoms with Crippen LogP contribution in [-0.2, 0) is 16.1 Å². The average molecular weight is 628 g/mol. The monoisotopic (exact) mass is 627 g/mol. The van der Waals surface area contributed by atoms with E-state index in [0.29, 0.717) is 42.1 Å². The molecule has 3 N–H and O–H groups in total. The lowest BCUT2D eigenvalue weighted by atomic mass is 9.79. The van der Waals surface area contributed by atoms with E-state index in [1.165, 1.54) is 6.07 Å². The lowest BCUT2D eigenvalue weighted by molar-refractivity contribution is -0.0000386. The number of halogens is 1. The SMILES string of the molecule is Cc1cccc(C)c1-c1cc(Cl)nc(N[S+]([O-])c2cccc(C(=O)NCC3(CO)CCN(C(=O)OC(C)(C)C)CC3)c2)n1. The molecular weight excluding hydrogens is 590 g/mol. The van der Waals surface area contributed by atoms with Gasteiger partial charge in [0, 0.05) is 48.3 Å². The quantitative estimate of drug-likeness (QED) is 0.226. The van der Waals surface area contributed by atoms with E-state index in [2.05, 4.69) is 20.0 Å². The number of anilines is 1. The fourth-order valence-corrected chi connectivity index (χ4v) is 5.95. The zero-order valence-corrected chi connectivity index (χ0v) is 26.6. The van der Waals surface area contributed by atoms with Crippen LogP contribution in [0.5, 0.6) is 0 Å². The molecule has 1 aromatic heterocycles. The van der Waals surface area contributed by atoms with E-state index in [1.54, 1.807) is 29.2 Å². The Kier molecular flexibility index (Phi) is 10.2. The van der Waals surface area contributed by atoms with Gasteiger partial charge in [0.15, 0.2) is 4.90 Å². The number of ether oxygens (including phenoxy) is 1. The zero-order chi connectivity index (χ0) is 31.4. The Bertz CT molecular complexity index is 1450. The van der Waals surface area contributed by atoms with Crippen LogP contribution in [0.1, 0.15) is 55.1 Å². The molecule has 12 heteroatoms. The van der Waals surface area contributed by atoms with Gasteiger partial charge >= 0.3 is 6.09 Å². The number of nitrogens with zero attached hydrogens (tertiary/aromatic N) is 3. The second kappa shape index (κ2) is 13.5. The van der Waals surface area contributed by atoms with E-state index in [1.807, 2.05) is 52.8 Å². The van der Waals surface area contributed by atoms with E-state index in [9.17, 15) is 19.2 Å². The molecule has 1 aliphatic heterocycles. The molecule has 1 fully saturated rings. The van der Waals surface area contributed by atoms with Gasteiger partial charge in [0.1, 0.15) is 22.1 Å². The number of likely N-dealkylation sites (tertiary alicyclic amines) is 1. The molecular formula is C31H38ClN5O5S. The molecule has 43 heavy (non-hydrogen) atoms. The smallest absolute Gasteiger partial charge is 0.410 e. The van der Waals surface area contributed by atoms with Crippen molar-refractivity contribution in [1.29, 1.82) is 0 Å². The van der Waals surface area contributed by atoms with Gasteiger partial charge in [0.05, 0.1) is 12.3 Å². The third kappa shape index (κ3) is 8.38. The van der Waals surface area contributed by atoms with Crippen molar-refractivity contribution in [3.8, 4) is 11.3 Å². The molecule has 0 bridgehead atoms. The largest absolute Gasteiger partial charge is 0.588 e. The number of carbonyl (C=O) groups excluding carboxylic acids is 2. The van der Waals surface area contributed by atoms with Crippen LogP contribution in [-0.4, -0.2) is 68.4 Å². The van der Waals surface area contributed by atoms with Gasteiger partial charge in [-0.1, -0.05) is 35.9 Å². The number of aromatic nitrogens is 2. The minimum atomic E-state index is -1.78. The summed E-state index contributed by atoms with van der Waals surface area (Å²) >= 11 is 4.50. The first-order valence-electron chi connectivity index (χ1n) is 14.1. The van der Waals surface area contributed by atoms with Crippen LogP contribution < -0.4 is 10.0 Å². The van der Waals surface area contributed by atoms with Crippen LogP contribution in [0.4, 0.5) is 10.7 Å². The van der Waals surface area contributed by atoms with Crippen molar-refractivity contribution in [1.82, 2.24) is 20.2 Å². The van der Waals surface area contributed by atoms with Crippen molar-refractivity contribution < 1.29 is 24.0 Å². The minimum Gasteiger partial charge on any atom is -0.588 e. The molecule has 2 aromatic carbocycles. The number of aliphatic hydroxyl groups excluding tert-OH is 1. The van der Waals surface area contributed by atoms with Crippen LogP contribution in [0.2, 0.25) is 5.15 Å². The number of carbonyl (C=O) groups is 2. The topological polar surface area (TPSA) is 140 Å². The van der Waals surface area contributed by atoms with E-state index in [0.717, 1.165) is 16.7 Å². The Morgan fingerprint density at radius 3 is 2.37 bits per heavy atom. The van der Waals surface area contributed by atoms with Gasteiger partial charge < -0.3 is 24.6 Å². The van der Waals surface area contributed by atoms with Crippen LogP contribution in [0.25, 0.3) is 11.3 Å². The molecule has 230 valence electrons. The Morgan fingerprint density at radius 2 is 1.74 bits per heavy atom. The van der Waals surface area contributed by atoms with Crippen LogP contribution >= 0.6 is 11.6 Å². The predicted molar refractivity (Wildman–Crippen MR) is 167 cm³/mol. The molecule has 0 aliphatic carbocycles. The molecule has 1 atom stereocenters. The lowest BCUT2D eigenvalue weighted by Gasteiger charge is -2.41. The van der Waals surface area contributed by atoms with Crippen molar-refractivity contribution in [3.05, 3.63) is 70.4 Å². The number of hydrogen-bond donors (Lipinski definition) is 3. The third-order valence-electron chi connectivity index (χ3n) is 7.36. The van der Waals surface area contributed by atoms with Crippen molar-refractivity contribution in [2.45, 2.75) is 58.0 Å². The molecule has 1 saturated heterocycles. The van der Waals surface area contributed by atoms with Gasteiger partial charge in [-0.3, -0.25) is 4.79 Å². The second-order valence-corrected chi connectivity index (χ2v) is 13.5. The fourth-order valence-electron chi connectivity index (χ4n) is 4.96. The third-order valence-corrected chi connectivity index (χ3v) is 8.61. The number of benzene rings is 2. The van der Waals surface area contributed by atoms with Crippen LogP contribution in [0.15, 0.2) is 53.4 Å². The van der Waals surface area contributed by atoms with E-state index < -0.39 is 22.4 Å². The molecule has 10 nitrogen and oxygen atoms in total. The number of piperidine rings is 1. The fraction of sp³-hybridized carbons (Fsp3) is 0.419. The maximum atomic E-state index is 13.2. The summed E-state index contributed by atoms with van der Waals surface area (Å²) in [4.78, 5) is 36.2. The van der Waals surface area contributed by atoms with Gasteiger partial charge in [-0.2, -0.15) is 9.71 Å². The van der Waals surface area contributed by atoms with Crippen LogP contribution in [0.3, 0.4) is 0 Å². The highest BCUT2D eigenvalue weighted by Crippen LogP contribution is 2.32. The summed E-state index contributed by atoms with van der Waals surface area (Å²) in [6.07, 6.45) is 0.646. The van der Waals surface area contributed by atoms with Crippen molar-refractivity contribution in [2.24, 2.45) is 5.41 Å². The Morgan fingerprint density at radius 1 is 1.09 bits per heavy atom. The molecule has 2 heterocycles. The molecule has 0 saturated carbocycles. The molecule has 0 radical (unpaired) electrons. The Labute approximate surface area is 260 Å². The highest BCUT2D eigenvalue weighted by atomic mass is 35.5. The molecule has 1 aliphatic rings. The summed E-state index contributed by atoms with van der Waals surface area (Å²) in [5.41, 5.74) is 2.75. The van der Waals surface area contributed by atoms with Gasteiger partial charge in [-0.15, -0.1) is 0 Å². The molecule has 4 rings (SSSR count). The number of hydrogen-bond acceptors (Lipinski definition) is 8. The molecule has 2 amide bonds. The number of rotatable bonds is 8. The summed E-state index contributed by atoms with van der Waals surface area (Å²) in [5, 5.41) is 13.3. The van der Waals surface area contributed by atoms with Gasteiger partial charge in [0.2, 0.25) is 0 Å². The minimum absolute atomic E-state index is 0.0981.